The number of benzene rings is 1. The van der Waals surface area contributed by atoms with E-state index >= 15 is 0 Å². The Balaban J connectivity index is 2.50. The van der Waals surface area contributed by atoms with Crippen molar-refractivity contribution in [3.63, 3.8) is 0 Å². The minimum atomic E-state index is 0.00651. The third kappa shape index (κ3) is 1.92. The summed E-state index contributed by atoms with van der Waals surface area (Å²) in [5.74, 6) is 0. The minimum Gasteiger partial charge on any atom is -0.397 e. The summed E-state index contributed by atoms with van der Waals surface area (Å²) >= 11 is 0. The number of nitrogens with one attached hydrogen (secondary N) is 1. The summed E-state index contributed by atoms with van der Waals surface area (Å²) in [4.78, 5) is 4.25. The maximum atomic E-state index is 9.02. The van der Waals surface area contributed by atoms with Gasteiger partial charge in [-0.1, -0.05) is 0 Å². The molecule has 0 bridgehead atoms. The molecule has 84 valence electrons. The van der Waals surface area contributed by atoms with E-state index in [2.05, 4.69) is 10.3 Å². The second kappa shape index (κ2) is 4.37. The maximum absolute atomic E-state index is 9.02. The van der Waals surface area contributed by atoms with E-state index in [1.165, 1.54) is 0 Å². The fourth-order valence-electron chi connectivity index (χ4n) is 1.63. The maximum Gasteiger partial charge on any atom is 0.0951 e. The highest BCUT2D eigenvalue weighted by atomic mass is 16.3. The molecule has 1 heterocycles. The molecule has 1 unspecified atom stereocenters. The Morgan fingerprint density at radius 1 is 1.44 bits per heavy atom. The Morgan fingerprint density at radius 3 is 3.00 bits per heavy atom. The van der Waals surface area contributed by atoms with Crippen LogP contribution < -0.4 is 11.1 Å². The van der Waals surface area contributed by atoms with Crippen molar-refractivity contribution < 1.29 is 5.11 Å². The Hall–Kier alpha value is -1.81. The van der Waals surface area contributed by atoms with Crippen LogP contribution in [0.3, 0.4) is 0 Å². The molecule has 4 nitrogen and oxygen atoms in total. The summed E-state index contributed by atoms with van der Waals surface area (Å²) in [6, 6.07) is 7.57. The number of rotatable bonds is 3. The van der Waals surface area contributed by atoms with Gasteiger partial charge in [-0.05, 0) is 31.2 Å². The van der Waals surface area contributed by atoms with Gasteiger partial charge in [-0.25, -0.2) is 0 Å². The molecule has 0 fully saturated rings. The lowest BCUT2D eigenvalue weighted by Gasteiger charge is -2.14. The van der Waals surface area contributed by atoms with Crippen molar-refractivity contribution in [2.24, 2.45) is 0 Å². The highest BCUT2D eigenvalue weighted by molar-refractivity contribution is 5.98. The van der Waals surface area contributed by atoms with Crippen LogP contribution in [0, 0.1) is 0 Å². The second-order valence-electron chi connectivity index (χ2n) is 3.83. The molecule has 0 spiro atoms. The predicted octanol–water partition coefficient (Wildman–Crippen LogP) is 1.61. The highest BCUT2D eigenvalue weighted by Gasteiger charge is 2.06. The normalized spacial score (nSPS) is 12.6. The SMILES string of the molecule is CC(CO)Nc1ccc(N)c2ncccc12. The van der Waals surface area contributed by atoms with Crippen molar-refractivity contribution in [3.05, 3.63) is 30.5 Å². The van der Waals surface area contributed by atoms with Crippen LogP contribution in [-0.2, 0) is 0 Å². The molecule has 0 aliphatic carbocycles. The fourth-order valence-corrected chi connectivity index (χ4v) is 1.63. The van der Waals surface area contributed by atoms with Crippen molar-refractivity contribution >= 4 is 22.3 Å². The molecule has 4 heteroatoms. The predicted molar refractivity (Wildman–Crippen MR) is 66.3 cm³/mol. The Bertz CT molecular complexity index is 499. The zero-order valence-corrected chi connectivity index (χ0v) is 9.14. The molecule has 0 amide bonds. The number of anilines is 2. The lowest BCUT2D eigenvalue weighted by molar-refractivity contribution is 0.281. The van der Waals surface area contributed by atoms with Crippen LogP contribution in [0.2, 0.25) is 0 Å². The second-order valence-corrected chi connectivity index (χ2v) is 3.83. The van der Waals surface area contributed by atoms with E-state index in [4.69, 9.17) is 10.8 Å². The van der Waals surface area contributed by atoms with Crippen LogP contribution in [0.5, 0.6) is 0 Å². The molecule has 0 radical (unpaired) electrons. The number of pyridine rings is 1. The number of hydrogen-bond donors (Lipinski definition) is 3. The number of nitrogens with two attached hydrogens (primary N) is 1. The number of aromatic nitrogens is 1. The smallest absolute Gasteiger partial charge is 0.0951 e. The molecule has 1 aromatic heterocycles. The molecule has 2 aromatic rings. The summed E-state index contributed by atoms with van der Waals surface area (Å²) in [7, 11) is 0. The summed E-state index contributed by atoms with van der Waals surface area (Å²) in [5, 5.41) is 13.2. The largest absolute Gasteiger partial charge is 0.397 e. The summed E-state index contributed by atoms with van der Waals surface area (Å²) in [6.45, 7) is 2.00. The highest BCUT2D eigenvalue weighted by Crippen LogP contribution is 2.26. The Morgan fingerprint density at radius 2 is 2.25 bits per heavy atom. The van der Waals surface area contributed by atoms with E-state index in [0.717, 1.165) is 16.6 Å². The van der Waals surface area contributed by atoms with Gasteiger partial charge in [0.2, 0.25) is 0 Å². The first-order chi connectivity index (χ1) is 7.72. The number of hydrogen-bond acceptors (Lipinski definition) is 4. The zero-order valence-electron chi connectivity index (χ0n) is 9.14. The van der Waals surface area contributed by atoms with Crippen molar-refractivity contribution in [1.29, 1.82) is 0 Å². The zero-order chi connectivity index (χ0) is 11.5. The topological polar surface area (TPSA) is 71.2 Å². The van der Waals surface area contributed by atoms with E-state index in [1.807, 2.05) is 31.2 Å². The Kier molecular flexibility index (Phi) is 2.92. The molecular formula is C12H15N3O. The average Bonchev–Trinajstić information content (AvgIpc) is 2.33. The van der Waals surface area contributed by atoms with Crippen LogP contribution in [0.4, 0.5) is 11.4 Å². The van der Waals surface area contributed by atoms with E-state index in [-0.39, 0.29) is 12.6 Å². The van der Waals surface area contributed by atoms with Crippen molar-refractivity contribution in [2.45, 2.75) is 13.0 Å². The molecule has 0 aliphatic rings. The monoisotopic (exact) mass is 217 g/mol. The van der Waals surface area contributed by atoms with Crippen LogP contribution >= 0.6 is 0 Å². The third-order valence-electron chi connectivity index (χ3n) is 2.48. The number of nitrogens with zero attached hydrogens (tertiary/aromatic N) is 1. The molecule has 0 saturated carbocycles. The van der Waals surface area contributed by atoms with Gasteiger partial charge in [0.05, 0.1) is 17.8 Å². The number of fused-ring (bicyclic) bond motifs is 1. The molecule has 1 aromatic carbocycles. The quantitative estimate of drug-likeness (QED) is 0.683. The number of aliphatic hydroxyl groups is 1. The standard InChI is InChI=1S/C12H15N3O/c1-8(7-16)15-11-5-4-10(13)12-9(11)3-2-6-14-12/h2-6,8,15-16H,7,13H2,1H3. The molecule has 4 N–H and O–H groups in total. The molecule has 1 atom stereocenters. The van der Waals surface area contributed by atoms with E-state index in [1.54, 1.807) is 6.20 Å². The molecule has 0 saturated heterocycles. The van der Waals surface area contributed by atoms with Crippen molar-refractivity contribution in [1.82, 2.24) is 4.98 Å². The summed E-state index contributed by atoms with van der Waals surface area (Å²) < 4.78 is 0. The Labute approximate surface area is 94.1 Å². The first-order valence-electron chi connectivity index (χ1n) is 5.23. The van der Waals surface area contributed by atoms with E-state index in [9.17, 15) is 0 Å². The van der Waals surface area contributed by atoms with Crippen LogP contribution in [0.1, 0.15) is 6.92 Å². The molecular weight excluding hydrogens is 202 g/mol. The minimum absolute atomic E-state index is 0.00651. The van der Waals surface area contributed by atoms with Crippen LogP contribution in [-0.4, -0.2) is 22.7 Å². The van der Waals surface area contributed by atoms with Gasteiger partial charge in [0, 0.05) is 23.3 Å². The van der Waals surface area contributed by atoms with Crippen LogP contribution in [0.15, 0.2) is 30.5 Å². The van der Waals surface area contributed by atoms with Crippen molar-refractivity contribution in [3.8, 4) is 0 Å². The summed E-state index contributed by atoms with van der Waals surface area (Å²) in [6.07, 6.45) is 1.72. The lowest BCUT2D eigenvalue weighted by Crippen LogP contribution is -2.19. The van der Waals surface area contributed by atoms with Gasteiger partial charge < -0.3 is 16.2 Å². The van der Waals surface area contributed by atoms with E-state index < -0.39 is 0 Å². The lowest BCUT2D eigenvalue weighted by atomic mass is 10.1. The van der Waals surface area contributed by atoms with E-state index in [0.29, 0.717) is 5.69 Å². The first kappa shape index (κ1) is 10.7. The van der Waals surface area contributed by atoms with Gasteiger partial charge in [0.25, 0.3) is 0 Å². The van der Waals surface area contributed by atoms with Crippen molar-refractivity contribution in [2.75, 3.05) is 17.7 Å². The van der Waals surface area contributed by atoms with Gasteiger partial charge in [0.1, 0.15) is 0 Å². The molecule has 16 heavy (non-hydrogen) atoms. The van der Waals surface area contributed by atoms with Gasteiger partial charge in [-0.3, -0.25) is 4.98 Å². The first-order valence-corrected chi connectivity index (χ1v) is 5.23. The van der Waals surface area contributed by atoms with Gasteiger partial charge in [-0.15, -0.1) is 0 Å². The van der Waals surface area contributed by atoms with Gasteiger partial charge >= 0.3 is 0 Å². The third-order valence-corrected chi connectivity index (χ3v) is 2.48. The number of nitrogen functional groups attached to an aromatic ring is 1. The van der Waals surface area contributed by atoms with Gasteiger partial charge in [-0.2, -0.15) is 0 Å². The summed E-state index contributed by atoms with van der Waals surface area (Å²) in [5.41, 5.74) is 8.25. The van der Waals surface area contributed by atoms with Gasteiger partial charge in [0.15, 0.2) is 0 Å². The molecule has 2 rings (SSSR count). The fraction of sp³-hybridized carbons (Fsp3) is 0.250. The molecule has 0 aliphatic heterocycles. The number of aliphatic hydroxyl groups excluding tert-OH is 1. The van der Waals surface area contributed by atoms with Crippen LogP contribution in [0.25, 0.3) is 10.9 Å². The average molecular weight is 217 g/mol.